The van der Waals surface area contributed by atoms with Crippen molar-refractivity contribution in [1.82, 2.24) is 0 Å². The summed E-state index contributed by atoms with van der Waals surface area (Å²) in [6.07, 6.45) is 1.77. The van der Waals surface area contributed by atoms with Crippen molar-refractivity contribution < 1.29 is 14.3 Å². The molecule has 2 aromatic rings. The van der Waals surface area contributed by atoms with Crippen LogP contribution in [0.5, 0.6) is 11.5 Å². The van der Waals surface area contributed by atoms with E-state index in [1.165, 1.54) is 11.8 Å². The Bertz CT molecular complexity index is 954. The van der Waals surface area contributed by atoms with Crippen molar-refractivity contribution in [2.75, 3.05) is 24.9 Å². The lowest BCUT2D eigenvalue weighted by Gasteiger charge is -2.18. The number of methoxy groups -OCH3 is 2. The van der Waals surface area contributed by atoms with Gasteiger partial charge in [-0.1, -0.05) is 52.5 Å². The SMILES string of the molecule is C=C(Br)CSC1=N/C(=C\c2ccc(OC)cc2)C(=O)N1c1cccc(OC)c1. The number of aliphatic imine (C=N–C) groups is 1. The average molecular weight is 459 g/mol. The van der Waals surface area contributed by atoms with E-state index in [4.69, 9.17) is 9.47 Å². The number of rotatable bonds is 6. The zero-order valence-electron chi connectivity index (χ0n) is 15.5. The lowest BCUT2D eigenvalue weighted by molar-refractivity contribution is -0.113. The van der Waals surface area contributed by atoms with E-state index >= 15 is 0 Å². The number of thioether (sulfide) groups is 1. The third-order valence-corrected chi connectivity index (χ3v) is 5.59. The molecule has 0 spiro atoms. The average Bonchev–Trinajstić information content (AvgIpc) is 3.02. The van der Waals surface area contributed by atoms with Gasteiger partial charge in [0.05, 0.1) is 19.9 Å². The maximum absolute atomic E-state index is 13.1. The topological polar surface area (TPSA) is 51.1 Å². The van der Waals surface area contributed by atoms with E-state index in [1.807, 2.05) is 48.5 Å². The van der Waals surface area contributed by atoms with Crippen molar-refractivity contribution in [2.45, 2.75) is 0 Å². The molecule has 2 aromatic carbocycles. The van der Waals surface area contributed by atoms with Crippen LogP contribution in [-0.4, -0.2) is 31.0 Å². The van der Waals surface area contributed by atoms with Crippen molar-refractivity contribution in [2.24, 2.45) is 4.99 Å². The molecule has 1 aliphatic heterocycles. The fraction of sp³-hybridized carbons (Fsp3) is 0.143. The van der Waals surface area contributed by atoms with Gasteiger partial charge in [0.25, 0.3) is 5.91 Å². The maximum atomic E-state index is 13.1. The molecule has 0 radical (unpaired) electrons. The minimum Gasteiger partial charge on any atom is -0.497 e. The molecule has 0 fully saturated rings. The molecule has 28 heavy (non-hydrogen) atoms. The molecular weight excluding hydrogens is 440 g/mol. The molecule has 0 N–H and O–H groups in total. The second-order valence-corrected chi connectivity index (χ2v) is 7.91. The molecule has 1 amide bonds. The summed E-state index contributed by atoms with van der Waals surface area (Å²) in [4.78, 5) is 19.3. The van der Waals surface area contributed by atoms with E-state index < -0.39 is 0 Å². The molecular formula is C21H19BrN2O3S. The van der Waals surface area contributed by atoms with Crippen LogP contribution in [0.1, 0.15) is 5.56 Å². The summed E-state index contributed by atoms with van der Waals surface area (Å²) in [7, 11) is 3.21. The molecule has 0 unspecified atom stereocenters. The largest absolute Gasteiger partial charge is 0.497 e. The molecule has 1 heterocycles. The predicted molar refractivity (Wildman–Crippen MR) is 119 cm³/mol. The predicted octanol–water partition coefficient (Wildman–Crippen LogP) is 5.09. The van der Waals surface area contributed by atoms with Gasteiger partial charge in [-0.05, 0) is 40.4 Å². The van der Waals surface area contributed by atoms with Crippen LogP contribution in [0.15, 0.2) is 70.3 Å². The van der Waals surface area contributed by atoms with Crippen molar-refractivity contribution in [3.8, 4) is 11.5 Å². The number of anilines is 1. The molecule has 1 aliphatic rings. The van der Waals surface area contributed by atoms with Crippen LogP contribution in [-0.2, 0) is 4.79 Å². The monoisotopic (exact) mass is 458 g/mol. The summed E-state index contributed by atoms with van der Waals surface area (Å²) in [6, 6.07) is 14.8. The maximum Gasteiger partial charge on any atom is 0.283 e. The van der Waals surface area contributed by atoms with Gasteiger partial charge in [0.2, 0.25) is 0 Å². The van der Waals surface area contributed by atoms with E-state index in [0.717, 1.165) is 15.8 Å². The number of hydrogen-bond donors (Lipinski definition) is 0. The zero-order valence-corrected chi connectivity index (χ0v) is 17.9. The van der Waals surface area contributed by atoms with Crippen LogP contribution in [0.4, 0.5) is 5.69 Å². The smallest absolute Gasteiger partial charge is 0.283 e. The highest BCUT2D eigenvalue weighted by molar-refractivity contribution is 9.11. The highest BCUT2D eigenvalue weighted by atomic mass is 79.9. The summed E-state index contributed by atoms with van der Waals surface area (Å²) in [5.74, 6) is 1.84. The first-order valence-corrected chi connectivity index (χ1v) is 10.2. The zero-order chi connectivity index (χ0) is 20.1. The number of ether oxygens (including phenoxy) is 2. The van der Waals surface area contributed by atoms with Crippen LogP contribution < -0.4 is 14.4 Å². The first-order chi connectivity index (χ1) is 13.5. The van der Waals surface area contributed by atoms with Crippen molar-refractivity contribution >= 4 is 50.5 Å². The minimum atomic E-state index is -0.188. The molecule has 0 aromatic heterocycles. The standard InChI is InChI=1S/C21H19BrN2O3S/c1-14(22)13-28-21-23-19(11-15-7-9-17(26-2)10-8-15)20(25)24(21)16-5-4-6-18(12-16)27-3/h4-12H,1,13H2,2-3H3/b19-11-. The van der Waals surface area contributed by atoms with E-state index in [0.29, 0.717) is 28.1 Å². The van der Waals surface area contributed by atoms with E-state index in [-0.39, 0.29) is 5.91 Å². The van der Waals surface area contributed by atoms with Crippen LogP contribution in [0.25, 0.3) is 6.08 Å². The van der Waals surface area contributed by atoms with E-state index in [9.17, 15) is 4.79 Å². The molecule has 0 saturated carbocycles. The second-order valence-electron chi connectivity index (χ2n) is 5.85. The van der Waals surface area contributed by atoms with Crippen LogP contribution in [0, 0.1) is 0 Å². The fourth-order valence-corrected chi connectivity index (χ4v) is 3.68. The van der Waals surface area contributed by atoms with Crippen LogP contribution >= 0.6 is 27.7 Å². The Labute approximate surface area is 176 Å². The molecule has 144 valence electrons. The van der Waals surface area contributed by atoms with E-state index in [2.05, 4.69) is 27.5 Å². The third-order valence-electron chi connectivity index (χ3n) is 3.92. The summed E-state index contributed by atoms with van der Waals surface area (Å²) < 4.78 is 11.3. The van der Waals surface area contributed by atoms with Crippen LogP contribution in [0.3, 0.4) is 0 Å². The Hall–Kier alpha value is -2.51. The number of carbonyl (C=O) groups excluding carboxylic acids is 1. The number of amidine groups is 1. The van der Waals surface area contributed by atoms with Gasteiger partial charge in [0.1, 0.15) is 17.2 Å². The molecule has 5 nitrogen and oxygen atoms in total. The van der Waals surface area contributed by atoms with Gasteiger partial charge in [-0.15, -0.1) is 0 Å². The first kappa shape index (κ1) is 20.2. The van der Waals surface area contributed by atoms with Crippen molar-refractivity contribution in [3.05, 3.63) is 70.9 Å². The summed E-state index contributed by atoms with van der Waals surface area (Å²) in [5.41, 5.74) is 1.94. The number of hydrogen-bond acceptors (Lipinski definition) is 5. The second kappa shape index (κ2) is 9.12. The summed E-state index contributed by atoms with van der Waals surface area (Å²) >= 11 is 4.80. The lowest BCUT2D eigenvalue weighted by atomic mass is 10.2. The fourth-order valence-electron chi connectivity index (χ4n) is 2.57. The third kappa shape index (κ3) is 4.66. The minimum absolute atomic E-state index is 0.188. The quantitative estimate of drug-likeness (QED) is 0.565. The highest BCUT2D eigenvalue weighted by Crippen LogP contribution is 2.32. The van der Waals surface area contributed by atoms with Gasteiger partial charge in [-0.25, -0.2) is 4.99 Å². The van der Waals surface area contributed by atoms with E-state index in [1.54, 1.807) is 25.2 Å². The number of amides is 1. The summed E-state index contributed by atoms with van der Waals surface area (Å²) in [6.45, 7) is 3.85. The Balaban J connectivity index is 1.96. The first-order valence-electron chi connectivity index (χ1n) is 8.41. The van der Waals surface area contributed by atoms with Gasteiger partial charge in [-0.3, -0.25) is 9.69 Å². The molecule has 0 bridgehead atoms. The number of halogens is 1. The normalized spacial score (nSPS) is 15.0. The lowest BCUT2D eigenvalue weighted by Crippen LogP contribution is -2.30. The molecule has 0 atom stereocenters. The van der Waals surface area contributed by atoms with Gasteiger partial charge < -0.3 is 9.47 Å². The summed E-state index contributed by atoms with van der Waals surface area (Å²) in [5, 5.41) is 0.596. The van der Waals surface area contributed by atoms with Gasteiger partial charge in [-0.2, -0.15) is 0 Å². The molecule has 3 rings (SSSR count). The number of carbonyl (C=O) groups is 1. The molecule has 0 saturated heterocycles. The van der Waals surface area contributed by atoms with Crippen LogP contribution in [0.2, 0.25) is 0 Å². The Morgan fingerprint density at radius 3 is 2.54 bits per heavy atom. The molecule has 7 heteroatoms. The number of nitrogens with zero attached hydrogens (tertiary/aromatic N) is 2. The van der Waals surface area contributed by atoms with Crippen molar-refractivity contribution in [1.29, 1.82) is 0 Å². The Morgan fingerprint density at radius 1 is 1.18 bits per heavy atom. The Morgan fingerprint density at radius 2 is 1.89 bits per heavy atom. The molecule has 0 aliphatic carbocycles. The Kier molecular flexibility index (Phi) is 6.59. The van der Waals surface area contributed by atoms with Gasteiger partial charge in [0.15, 0.2) is 5.17 Å². The van der Waals surface area contributed by atoms with Gasteiger partial charge in [0, 0.05) is 11.8 Å². The van der Waals surface area contributed by atoms with Gasteiger partial charge >= 0.3 is 0 Å². The highest BCUT2D eigenvalue weighted by Gasteiger charge is 2.32. The number of benzene rings is 2. The van der Waals surface area contributed by atoms with Crippen molar-refractivity contribution in [3.63, 3.8) is 0 Å².